The summed E-state index contributed by atoms with van der Waals surface area (Å²) in [5.41, 5.74) is 0.854. The molecule has 0 saturated carbocycles. The van der Waals surface area contributed by atoms with Gasteiger partial charge in [-0.2, -0.15) is 0 Å². The highest BCUT2D eigenvalue weighted by Gasteiger charge is 2.25. The molecule has 0 aromatic heterocycles. The molecule has 1 aliphatic rings. The molecule has 0 aromatic rings. The molecule has 0 spiro atoms. The topological polar surface area (TPSA) is 76.3 Å². The van der Waals surface area contributed by atoms with Crippen LogP contribution in [0, 0.1) is 5.92 Å². The fourth-order valence-electron chi connectivity index (χ4n) is 2.00. The van der Waals surface area contributed by atoms with E-state index in [0.29, 0.717) is 6.54 Å². The van der Waals surface area contributed by atoms with E-state index in [1.54, 1.807) is 0 Å². The first kappa shape index (κ1) is 12.4. The molecule has 1 saturated heterocycles. The van der Waals surface area contributed by atoms with Gasteiger partial charge in [0, 0.05) is 32.0 Å². The highest BCUT2D eigenvalue weighted by Crippen LogP contribution is 2.17. The van der Waals surface area contributed by atoms with Gasteiger partial charge in [0.15, 0.2) is 0 Å². The van der Waals surface area contributed by atoms with Crippen LogP contribution < -0.4 is 0 Å². The van der Waals surface area contributed by atoms with Crippen molar-refractivity contribution in [1.82, 2.24) is 4.90 Å². The summed E-state index contributed by atoms with van der Waals surface area (Å²) in [4.78, 5) is 2.10. The summed E-state index contributed by atoms with van der Waals surface area (Å²) >= 11 is 0. The minimum Gasteiger partial charge on any atom is -0.411 e. The van der Waals surface area contributed by atoms with Gasteiger partial charge in [0.05, 0.1) is 18.4 Å². The Bertz CT molecular complexity index is 221. The summed E-state index contributed by atoms with van der Waals surface area (Å²) in [5.74, 6) is 0.273. The minimum atomic E-state index is -0.671. The number of nitrogens with zero attached hydrogens (tertiary/aromatic N) is 2. The van der Waals surface area contributed by atoms with Gasteiger partial charge in [0.2, 0.25) is 0 Å². The molecule has 5 nitrogen and oxygen atoms in total. The maximum absolute atomic E-state index is 9.32. The van der Waals surface area contributed by atoms with Crippen LogP contribution in [-0.2, 0) is 0 Å². The Labute approximate surface area is 90.0 Å². The lowest BCUT2D eigenvalue weighted by atomic mass is 9.93. The molecule has 0 amide bonds. The van der Waals surface area contributed by atoms with Crippen molar-refractivity contribution >= 4 is 5.71 Å². The molecular formula is C10H20N2O3. The molecule has 1 fully saturated rings. The van der Waals surface area contributed by atoms with Crippen LogP contribution in [0.3, 0.4) is 0 Å². The minimum absolute atomic E-state index is 0.200. The summed E-state index contributed by atoms with van der Waals surface area (Å²) in [6, 6.07) is 0. The molecule has 1 rings (SSSR count). The molecule has 1 aliphatic heterocycles. The molecule has 15 heavy (non-hydrogen) atoms. The van der Waals surface area contributed by atoms with Gasteiger partial charge in [0.1, 0.15) is 0 Å². The van der Waals surface area contributed by atoms with Crippen molar-refractivity contribution in [2.45, 2.75) is 25.9 Å². The average Bonchev–Trinajstić information content (AvgIpc) is 2.28. The van der Waals surface area contributed by atoms with E-state index in [1.165, 1.54) is 0 Å². The van der Waals surface area contributed by atoms with E-state index in [9.17, 15) is 5.11 Å². The summed E-state index contributed by atoms with van der Waals surface area (Å²) in [6.45, 7) is 3.93. The van der Waals surface area contributed by atoms with E-state index in [2.05, 4.69) is 17.0 Å². The zero-order valence-corrected chi connectivity index (χ0v) is 9.13. The Hall–Kier alpha value is -0.650. The molecule has 0 radical (unpaired) electrons. The summed E-state index contributed by atoms with van der Waals surface area (Å²) in [5, 5.41) is 30.2. The number of piperidine rings is 1. The Kier molecular flexibility index (Phi) is 5.01. The molecular weight excluding hydrogens is 196 g/mol. The van der Waals surface area contributed by atoms with E-state index < -0.39 is 6.10 Å². The van der Waals surface area contributed by atoms with Crippen LogP contribution in [0.25, 0.3) is 0 Å². The maximum Gasteiger partial charge on any atom is 0.0897 e. The van der Waals surface area contributed by atoms with Crippen LogP contribution in [0.2, 0.25) is 0 Å². The number of aliphatic hydroxyl groups is 2. The normalized spacial score (nSPS) is 28.2. The molecule has 1 heterocycles. The second-order valence-corrected chi connectivity index (χ2v) is 4.04. The molecule has 3 N–H and O–H groups in total. The van der Waals surface area contributed by atoms with Crippen LogP contribution in [0.4, 0.5) is 0 Å². The zero-order valence-electron chi connectivity index (χ0n) is 9.13. The van der Waals surface area contributed by atoms with Crippen molar-refractivity contribution in [2.24, 2.45) is 11.1 Å². The van der Waals surface area contributed by atoms with Crippen molar-refractivity contribution in [3.63, 3.8) is 0 Å². The standard InChI is InChI=1S/C10H20N2O3/c1-2-8-5-12(6-9(14)7-13)4-3-10(8)11-15/h8-9,13-15H,2-7H2,1H3. The van der Waals surface area contributed by atoms with Gasteiger partial charge in [-0.1, -0.05) is 12.1 Å². The van der Waals surface area contributed by atoms with E-state index in [0.717, 1.165) is 31.6 Å². The number of oxime groups is 1. The number of hydrogen-bond donors (Lipinski definition) is 3. The van der Waals surface area contributed by atoms with E-state index in [4.69, 9.17) is 10.3 Å². The first-order valence-electron chi connectivity index (χ1n) is 5.43. The van der Waals surface area contributed by atoms with Crippen LogP contribution in [0.1, 0.15) is 19.8 Å². The van der Waals surface area contributed by atoms with Crippen LogP contribution in [0.5, 0.6) is 0 Å². The molecule has 88 valence electrons. The van der Waals surface area contributed by atoms with Crippen molar-refractivity contribution in [3.8, 4) is 0 Å². The predicted octanol–water partition coefficient (Wildman–Crippen LogP) is -0.0983. The number of hydrogen-bond acceptors (Lipinski definition) is 5. The van der Waals surface area contributed by atoms with Crippen molar-refractivity contribution in [2.75, 3.05) is 26.2 Å². The van der Waals surface area contributed by atoms with Crippen LogP contribution >= 0.6 is 0 Å². The summed E-state index contributed by atoms with van der Waals surface area (Å²) in [6.07, 6.45) is 1.01. The Balaban J connectivity index is 2.46. The second-order valence-electron chi connectivity index (χ2n) is 4.04. The molecule has 0 bridgehead atoms. The zero-order chi connectivity index (χ0) is 11.3. The van der Waals surface area contributed by atoms with Gasteiger partial charge in [-0.3, -0.25) is 4.90 Å². The van der Waals surface area contributed by atoms with Crippen molar-refractivity contribution < 1.29 is 15.4 Å². The fourth-order valence-corrected chi connectivity index (χ4v) is 2.00. The van der Waals surface area contributed by atoms with Gasteiger partial charge < -0.3 is 15.4 Å². The SMILES string of the molecule is CCC1CN(CC(O)CO)CCC1=NO. The third-order valence-corrected chi connectivity index (χ3v) is 2.93. The first-order valence-corrected chi connectivity index (χ1v) is 5.43. The quantitative estimate of drug-likeness (QED) is 0.453. The lowest BCUT2D eigenvalue weighted by Gasteiger charge is -2.33. The lowest BCUT2D eigenvalue weighted by Crippen LogP contribution is -2.44. The third kappa shape index (κ3) is 3.44. The Morgan fingerprint density at radius 1 is 1.60 bits per heavy atom. The van der Waals surface area contributed by atoms with E-state index in [-0.39, 0.29) is 12.5 Å². The highest BCUT2D eigenvalue weighted by molar-refractivity contribution is 5.87. The van der Waals surface area contributed by atoms with Crippen molar-refractivity contribution in [3.05, 3.63) is 0 Å². The molecule has 2 unspecified atom stereocenters. The highest BCUT2D eigenvalue weighted by atomic mass is 16.4. The van der Waals surface area contributed by atoms with Crippen LogP contribution in [-0.4, -0.2) is 58.4 Å². The van der Waals surface area contributed by atoms with Gasteiger partial charge >= 0.3 is 0 Å². The molecule has 0 aromatic carbocycles. The van der Waals surface area contributed by atoms with E-state index >= 15 is 0 Å². The Morgan fingerprint density at radius 2 is 2.33 bits per heavy atom. The smallest absolute Gasteiger partial charge is 0.0897 e. The van der Waals surface area contributed by atoms with Crippen molar-refractivity contribution in [1.29, 1.82) is 0 Å². The van der Waals surface area contributed by atoms with Crippen LogP contribution in [0.15, 0.2) is 5.16 Å². The summed E-state index contributed by atoms with van der Waals surface area (Å²) < 4.78 is 0. The monoisotopic (exact) mass is 216 g/mol. The van der Waals surface area contributed by atoms with Gasteiger partial charge in [-0.15, -0.1) is 0 Å². The summed E-state index contributed by atoms with van der Waals surface area (Å²) in [7, 11) is 0. The maximum atomic E-state index is 9.32. The lowest BCUT2D eigenvalue weighted by molar-refractivity contribution is 0.0542. The Morgan fingerprint density at radius 3 is 2.87 bits per heavy atom. The second kappa shape index (κ2) is 6.05. The first-order chi connectivity index (χ1) is 7.21. The number of β-amino-alcohol motifs (C(OH)–C–C–N with tert-alkyl or cyclic N) is 1. The van der Waals surface area contributed by atoms with Gasteiger partial charge in [-0.05, 0) is 6.42 Å². The number of aliphatic hydroxyl groups excluding tert-OH is 2. The fraction of sp³-hybridized carbons (Fsp3) is 0.900. The van der Waals surface area contributed by atoms with E-state index in [1.807, 2.05) is 0 Å². The predicted molar refractivity (Wildman–Crippen MR) is 57.2 cm³/mol. The van der Waals surface area contributed by atoms with Gasteiger partial charge in [-0.25, -0.2) is 0 Å². The number of likely N-dealkylation sites (tertiary alicyclic amines) is 1. The molecule has 5 heteroatoms. The molecule has 0 aliphatic carbocycles. The largest absolute Gasteiger partial charge is 0.411 e. The number of rotatable bonds is 4. The average molecular weight is 216 g/mol. The van der Waals surface area contributed by atoms with Gasteiger partial charge in [0.25, 0.3) is 0 Å². The third-order valence-electron chi connectivity index (χ3n) is 2.93. The molecule has 2 atom stereocenters.